The van der Waals surface area contributed by atoms with Crippen LogP contribution in [-0.4, -0.2) is 54.9 Å². The molecule has 0 fully saturated rings. The predicted molar refractivity (Wildman–Crippen MR) is 85.2 cm³/mol. The fourth-order valence-corrected chi connectivity index (χ4v) is 9.48. The van der Waals surface area contributed by atoms with Gasteiger partial charge in [0.15, 0.2) is 19.5 Å². The second-order valence-electron chi connectivity index (χ2n) is 4.84. The van der Waals surface area contributed by atoms with E-state index in [1.165, 1.54) is 0 Å². The van der Waals surface area contributed by atoms with Gasteiger partial charge < -0.3 is 28.5 Å². The molecular formula is C10H30N2O4Si3. The molecule has 0 saturated heterocycles. The van der Waals surface area contributed by atoms with Crippen molar-refractivity contribution in [2.24, 2.45) is 11.5 Å². The monoisotopic (exact) mass is 326 g/mol. The molecule has 2 atom stereocenters. The van der Waals surface area contributed by atoms with Crippen molar-refractivity contribution in [3.8, 4) is 0 Å². The number of nitrogens with two attached hydrogens (primary N) is 2. The van der Waals surface area contributed by atoms with Crippen LogP contribution in [-0.2, 0) is 17.1 Å². The molecule has 0 spiro atoms. The normalized spacial score (nSPS) is 16.7. The lowest BCUT2D eigenvalue weighted by atomic mass is 10.3. The summed E-state index contributed by atoms with van der Waals surface area (Å²) < 4.78 is 22.4. The molecule has 0 heterocycles. The van der Waals surface area contributed by atoms with Gasteiger partial charge in [-0.2, -0.15) is 0 Å². The van der Waals surface area contributed by atoms with Crippen LogP contribution >= 0.6 is 0 Å². The Labute approximate surface area is 122 Å². The van der Waals surface area contributed by atoms with Crippen molar-refractivity contribution in [2.75, 3.05) is 14.2 Å². The Kier molecular flexibility index (Phi) is 11.4. The summed E-state index contributed by atoms with van der Waals surface area (Å²) in [6, 6.07) is 2.48. The van der Waals surface area contributed by atoms with Gasteiger partial charge in [-0.1, -0.05) is 0 Å². The Balaban J connectivity index is 3.96. The average Bonchev–Trinajstić information content (AvgIpc) is 2.37. The topological polar surface area (TPSA) is 89.0 Å². The minimum Gasteiger partial charge on any atom is -0.400 e. The van der Waals surface area contributed by atoms with Crippen molar-refractivity contribution in [3.05, 3.63) is 0 Å². The first-order valence-corrected chi connectivity index (χ1v) is 11.6. The van der Waals surface area contributed by atoms with E-state index in [1.54, 1.807) is 14.2 Å². The third-order valence-electron chi connectivity index (χ3n) is 2.67. The van der Waals surface area contributed by atoms with Crippen LogP contribution in [0.15, 0.2) is 0 Å². The molecule has 0 radical (unpaired) electrons. The fraction of sp³-hybridized carbons (Fsp3) is 1.00. The molecule has 0 aromatic heterocycles. The van der Waals surface area contributed by atoms with E-state index in [4.69, 9.17) is 28.5 Å². The number of rotatable bonds is 12. The maximum Gasteiger partial charge on any atom is 0.657 e. The minimum atomic E-state index is -2.85. The van der Waals surface area contributed by atoms with Gasteiger partial charge in [-0.05, 0) is 38.8 Å². The second kappa shape index (κ2) is 11.1. The average molecular weight is 327 g/mol. The lowest BCUT2D eigenvalue weighted by Gasteiger charge is -2.26. The Morgan fingerprint density at radius 1 is 0.895 bits per heavy atom. The van der Waals surface area contributed by atoms with E-state index < -0.39 is 28.6 Å². The summed E-state index contributed by atoms with van der Waals surface area (Å²) in [6.45, 7) is 4.01. The minimum absolute atomic E-state index is 0.221. The van der Waals surface area contributed by atoms with Crippen LogP contribution in [0.25, 0.3) is 0 Å². The highest BCUT2D eigenvalue weighted by Gasteiger charge is 2.41. The standard InChI is InChI=1S/C10H30N2O4Si3/c1-9(11)5-7-17-15-19(13-3,14-4)16-18-8-6-10(2)12/h9-10H,5-8,11-12,17-18H2,1-4H3. The van der Waals surface area contributed by atoms with E-state index in [0.717, 1.165) is 24.9 Å². The Bertz CT molecular complexity index is 201. The van der Waals surface area contributed by atoms with Crippen LogP contribution in [0.1, 0.15) is 26.7 Å². The molecule has 9 heteroatoms. The van der Waals surface area contributed by atoms with E-state index in [0.29, 0.717) is 0 Å². The highest BCUT2D eigenvalue weighted by atomic mass is 28.5. The molecule has 0 aromatic rings. The third kappa shape index (κ3) is 9.87. The zero-order chi connectivity index (χ0) is 14.7. The zero-order valence-corrected chi connectivity index (χ0v) is 16.5. The summed E-state index contributed by atoms with van der Waals surface area (Å²) >= 11 is 0. The molecule has 0 saturated carbocycles. The maximum absolute atomic E-state index is 5.84. The number of hydrogen-bond acceptors (Lipinski definition) is 6. The van der Waals surface area contributed by atoms with Crippen LogP contribution in [0.2, 0.25) is 12.1 Å². The SMILES string of the molecule is CO[Si](OC)(O[SiH2]CCC(C)N)O[SiH2]CCC(C)N. The van der Waals surface area contributed by atoms with E-state index in [9.17, 15) is 0 Å². The van der Waals surface area contributed by atoms with Gasteiger partial charge in [0.25, 0.3) is 0 Å². The van der Waals surface area contributed by atoms with Gasteiger partial charge >= 0.3 is 9.05 Å². The van der Waals surface area contributed by atoms with Gasteiger partial charge in [0.2, 0.25) is 0 Å². The summed E-state index contributed by atoms with van der Waals surface area (Å²) in [4.78, 5) is 0. The summed E-state index contributed by atoms with van der Waals surface area (Å²) in [6.07, 6.45) is 1.96. The predicted octanol–water partition coefficient (Wildman–Crippen LogP) is -0.773. The fourth-order valence-electron chi connectivity index (χ4n) is 1.57. The van der Waals surface area contributed by atoms with Gasteiger partial charge in [-0.3, -0.25) is 0 Å². The summed E-state index contributed by atoms with van der Waals surface area (Å²) in [7, 11) is -1.07. The maximum atomic E-state index is 5.84. The van der Waals surface area contributed by atoms with Crippen molar-refractivity contribution >= 4 is 28.6 Å². The van der Waals surface area contributed by atoms with Gasteiger partial charge in [0.1, 0.15) is 0 Å². The van der Waals surface area contributed by atoms with Gasteiger partial charge in [0, 0.05) is 26.3 Å². The first kappa shape index (κ1) is 19.4. The lowest BCUT2D eigenvalue weighted by molar-refractivity contribution is 0.0858. The molecule has 6 nitrogen and oxygen atoms in total. The van der Waals surface area contributed by atoms with Crippen LogP contribution in [0.5, 0.6) is 0 Å². The molecule has 19 heavy (non-hydrogen) atoms. The summed E-state index contributed by atoms with van der Waals surface area (Å²) in [5.41, 5.74) is 11.4. The van der Waals surface area contributed by atoms with Crippen molar-refractivity contribution in [2.45, 2.75) is 50.9 Å². The van der Waals surface area contributed by atoms with Crippen LogP contribution < -0.4 is 11.5 Å². The molecule has 116 valence electrons. The van der Waals surface area contributed by atoms with E-state index in [2.05, 4.69) is 0 Å². The molecule has 0 bridgehead atoms. The summed E-state index contributed by atoms with van der Waals surface area (Å²) in [5, 5.41) is 0. The summed E-state index contributed by atoms with van der Waals surface area (Å²) in [5.74, 6) is 0. The van der Waals surface area contributed by atoms with Gasteiger partial charge in [-0.25, -0.2) is 0 Å². The molecule has 0 aliphatic heterocycles. The first-order valence-electron chi connectivity index (χ1n) is 6.85. The second-order valence-corrected chi connectivity index (χ2v) is 11.2. The molecular weight excluding hydrogens is 296 g/mol. The van der Waals surface area contributed by atoms with Crippen molar-refractivity contribution < 1.29 is 17.1 Å². The first-order chi connectivity index (χ1) is 8.95. The Morgan fingerprint density at radius 2 is 1.26 bits per heavy atom. The van der Waals surface area contributed by atoms with Crippen molar-refractivity contribution in [1.29, 1.82) is 0 Å². The molecule has 0 aliphatic rings. The van der Waals surface area contributed by atoms with Crippen LogP contribution in [0.3, 0.4) is 0 Å². The van der Waals surface area contributed by atoms with Gasteiger partial charge in [0.05, 0.1) is 0 Å². The Hall–Kier alpha value is 0.411. The molecule has 2 unspecified atom stereocenters. The molecule has 4 N–H and O–H groups in total. The Morgan fingerprint density at radius 3 is 1.53 bits per heavy atom. The van der Waals surface area contributed by atoms with E-state index in [1.807, 2.05) is 13.8 Å². The molecule has 0 amide bonds. The van der Waals surface area contributed by atoms with Crippen LogP contribution in [0, 0.1) is 0 Å². The smallest absolute Gasteiger partial charge is 0.400 e. The van der Waals surface area contributed by atoms with Gasteiger partial charge in [-0.15, -0.1) is 0 Å². The third-order valence-corrected chi connectivity index (χ3v) is 9.52. The highest BCUT2D eigenvalue weighted by Crippen LogP contribution is 2.10. The number of hydrogen-bond donors (Lipinski definition) is 2. The molecule has 0 aliphatic carbocycles. The quantitative estimate of drug-likeness (QED) is 0.361. The largest absolute Gasteiger partial charge is 0.657 e. The molecule has 0 aromatic carbocycles. The van der Waals surface area contributed by atoms with Crippen molar-refractivity contribution in [1.82, 2.24) is 0 Å². The van der Waals surface area contributed by atoms with Crippen LogP contribution in [0.4, 0.5) is 0 Å². The van der Waals surface area contributed by atoms with Crippen molar-refractivity contribution in [3.63, 3.8) is 0 Å². The zero-order valence-electron chi connectivity index (χ0n) is 12.7. The van der Waals surface area contributed by atoms with E-state index in [-0.39, 0.29) is 12.1 Å². The molecule has 0 rings (SSSR count). The lowest BCUT2D eigenvalue weighted by Crippen LogP contribution is -2.49. The highest BCUT2D eigenvalue weighted by molar-refractivity contribution is 6.64. The van der Waals surface area contributed by atoms with E-state index >= 15 is 0 Å².